The maximum Gasteiger partial charge on any atom is 0.250 e. The largest absolute Gasteiger partial charge is 0.393 e. The highest BCUT2D eigenvalue weighted by molar-refractivity contribution is 6.15. The number of pyridine rings is 1. The van der Waals surface area contributed by atoms with Crippen molar-refractivity contribution in [2.24, 2.45) is 5.73 Å². The summed E-state index contributed by atoms with van der Waals surface area (Å²) in [6, 6.07) is 22.4. The van der Waals surface area contributed by atoms with Gasteiger partial charge in [0, 0.05) is 39.9 Å². The van der Waals surface area contributed by atoms with Crippen LogP contribution in [0.4, 0.5) is 5.69 Å². The van der Waals surface area contributed by atoms with Gasteiger partial charge in [-0.15, -0.1) is 0 Å². The molecule has 6 aromatic rings. The number of nitrogens with two attached hydrogens (primary N) is 1. The molecular formula is C31H28N6O2. The van der Waals surface area contributed by atoms with Gasteiger partial charge in [-0.1, -0.05) is 30.3 Å². The molecule has 0 radical (unpaired) electrons. The number of carbonyl (C=O) groups excluding carboxylic acids is 1. The Morgan fingerprint density at radius 2 is 1.82 bits per heavy atom. The minimum absolute atomic E-state index is 0.175. The summed E-state index contributed by atoms with van der Waals surface area (Å²) in [4.78, 5) is 24.8. The Morgan fingerprint density at radius 1 is 1.00 bits per heavy atom. The van der Waals surface area contributed by atoms with Gasteiger partial charge in [0.25, 0.3) is 5.91 Å². The van der Waals surface area contributed by atoms with Gasteiger partial charge in [0.2, 0.25) is 0 Å². The number of primary amides is 1. The fraction of sp³-hybridized carbons (Fsp3) is 0.194. The maximum atomic E-state index is 12.3. The van der Waals surface area contributed by atoms with E-state index in [2.05, 4.69) is 44.1 Å². The molecule has 0 saturated heterocycles. The van der Waals surface area contributed by atoms with Gasteiger partial charge in [-0.2, -0.15) is 0 Å². The van der Waals surface area contributed by atoms with E-state index in [9.17, 15) is 9.90 Å². The van der Waals surface area contributed by atoms with Crippen LogP contribution < -0.4 is 11.1 Å². The number of nitrogens with zero attached hydrogens (tertiary/aromatic N) is 3. The molecule has 39 heavy (non-hydrogen) atoms. The lowest BCUT2D eigenvalue weighted by Gasteiger charge is -2.28. The highest BCUT2D eigenvalue weighted by atomic mass is 16.3. The lowest BCUT2D eigenvalue weighted by molar-refractivity contribution is 0.100. The number of fused-ring (bicyclic) bond motifs is 4. The zero-order chi connectivity index (χ0) is 26.5. The van der Waals surface area contributed by atoms with E-state index in [-0.39, 0.29) is 12.1 Å². The highest BCUT2D eigenvalue weighted by Gasteiger charge is 2.22. The summed E-state index contributed by atoms with van der Waals surface area (Å²) in [7, 11) is 0. The molecule has 0 aliphatic heterocycles. The van der Waals surface area contributed by atoms with Crippen LogP contribution in [0.1, 0.15) is 36.0 Å². The average Bonchev–Trinajstić information content (AvgIpc) is 3.53. The van der Waals surface area contributed by atoms with Crippen LogP contribution in [-0.4, -0.2) is 42.7 Å². The molecule has 5 N–H and O–H groups in total. The smallest absolute Gasteiger partial charge is 0.250 e. The van der Waals surface area contributed by atoms with Crippen molar-refractivity contribution in [2.45, 2.75) is 37.8 Å². The number of hydrogen-bond acceptors (Lipinski definition) is 5. The first kappa shape index (κ1) is 23.4. The molecule has 3 heterocycles. The highest BCUT2D eigenvalue weighted by Crippen LogP contribution is 2.39. The van der Waals surface area contributed by atoms with Gasteiger partial charge in [0.15, 0.2) is 0 Å². The first-order valence-electron chi connectivity index (χ1n) is 13.3. The number of amides is 1. The molecule has 0 unspecified atom stereocenters. The zero-order valence-corrected chi connectivity index (χ0v) is 21.3. The first-order valence-corrected chi connectivity index (χ1v) is 13.3. The first-order chi connectivity index (χ1) is 19.1. The van der Waals surface area contributed by atoms with Gasteiger partial charge in [-0.05, 0) is 62.1 Å². The van der Waals surface area contributed by atoms with E-state index in [1.807, 2.05) is 36.4 Å². The molecule has 0 bridgehead atoms. The summed E-state index contributed by atoms with van der Waals surface area (Å²) >= 11 is 0. The van der Waals surface area contributed by atoms with Gasteiger partial charge in [-0.3, -0.25) is 9.78 Å². The topological polar surface area (TPSA) is 122 Å². The number of H-pyrrole nitrogens is 1. The number of aromatic nitrogens is 4. The van der Waals surface area contributed by atoms with Crippen molar-refractivity contribution in [1.82, 2.24) is 19.5 Å². The number of hydrogen-bond donors (Lipinski definition) is 4. The van der Waals surface area contributed by atoms with Gasteiger partial charge < -0.3 is 25.7 Å². The Labute approximate surface area is 224 Å². The maximum absolute atomic E-state index is 12.3. The molecule has 1 aliphatic rings. The third-order valence-corrected chi connectivity index (χ3v) is 7.82. The van der Waals surface area contributed by atoms with Crippen LogP contribution in [0.15, 0.2) is 79.1 Å². The van der Waals surface area contributed by atoms with Gasteiger partial charge in [-0.25, -0.2) is 4.98 Å². The van der Waals surface area contributed by atoms with Crippen molar-refractivity contribution in [1.29, 1.82) is 0 Å². The molecule has 8 heteroatoms. The van der Waals surface area contributed by atoms with Crippen LogP contribution in [0.5, 0.6) is 0 Å². The average molecular weight is 517 g/mol. The number of rotatable bonds is 5. The Bertz CT molecular complexity index is 1830. The van der Waals surface area contributed by atoms with Crippen molar-refractivity contribution in [3.05, 3.63) is 84.7 Å². The Morgan fingerprint density at radius 3 is 2.64 bits per heavy atom. The zero-order valence-electron chi connectivity index (χ0n) is 21.3. The summed E-state index contributed by atoms with van der Waals surface area (Å²) in [5.41, 5.74) is 12.7. The fourth-order valence-corrected chi connectivity index (χ4v) is 5.92. The second-order valence-corrected chi connectivity index (χ2v) is 10.3. The fourth-order valence-electron chi connectivity index (χ4n) is 5.92. The normalized spacial score (nSPS) is 17.7. The molecular weight excluding hydrogens is 488 g/mol. The second kappa shape index (κ2) is 9.25. The Kier molecular flexibility index (Phi) is 5.56. The molecule has 194 valence electrons. The predicted octanol–water partition coefficient (Wildman–Crippen LogP) is 5.54. The number of aliphatic hydroxyl groups is 1. The molecule has 7 rings (SSSR count). The predicted molar refractivity (Wildman–Crippen MR) is 154 cm³/mol. The number of imidazole rings is 1. The van der Waals surface area contributed by atoms with E-state index in [0.717, 1.165) is 75.6 Å². The summed E-state index contributed by atoms with van der Waals surface area (Å²) in [6.45, 7) is 0. The molecule has 3 aromatic carbocycles. The number of anilines is 1. The molecule has 8 nitrogen and oxygen atoms in total. The third-order valence-electron chi connectivity index (χ3n) is 7.82. The van der Waals surface area contributed by atoms with E-state index in [1.54, 1.807) is 18.5 Å². The minimum Gasteiger partial charge on any atom is -0.393 e. The van der Waals surface area contributed by atoms with Crippen molar-refractivity contribution in [3.63, 3.8) is 0 Å². The quantitative estimate of drug-likeness (QED) is 0.240. The van der Waals surface area contributed by atoms with Crippen LogP contribution in [0.3, 0.4) is 0 Å². The number of nitrogens with one attached hydrogen (secondary N) is 2. The second-order valence-electron chi connectivity index (χ2n) is 10.3. The number of aromatic amines is 1. The van der Waals surface area contributed by atoms with Gasteiger partial charge in [0.05, 0.1) is 39.9 Å². The summed E-state index contributed by atoms with van der Waals surface area (Å²) in [5.74, 6) is 0.321. The lowest BCUT2D eigenvalue weighted by atomic mass is 9.92. The van der Waals surface area contributed by atoms with E-state index < -0.39 is 5.91 Å². The van der Waals surface area contributed by atoms with Crippen LogP contribution >= 0.6 is 0 Å². The lowest BCUT2D eigenvalue weighted by Crippen LogP contribution is -2.29. The third kappa shape index (κ3) is 4.00. The van der Waals surface area contributed by atoms with Crippen LogP contribution in [0, 0.1) is 0 Å². The molecule has 1 saturated carbocycles. The van der Waals surface area contributed by atoms with Crippen molar-refractivity contribution in [2.75, 3.05) is 5.32 Å². The summed E-state index contributed by atoms with van der Waals surface area (Å²) in [6.07, 6.45) is 6.46. The van der Waals surface area contributed by atoms with Crippen molar-refractivity contribution >= 4 is 44.4 Å². The SMILES string of the molecule is NC(=O)c1ccc(-n2c3ccccc3c3c(-c4nc5ccncc5[nH]4)cccc32)cc1N[C@H]1CC[C@H](O)CC1. The standard InChI is InChI=1S/C31H28N6O2/c32-30(39)21-13-10-19(16-25(21)34-18-8-11-20(38)12-9-18)37-27-6-2-1-4-22(27)29-23(5-3-7-28(29)37)31-35-24-14-15-33-17-26(24)36-31/h1-7,10,13-18,20,34,38H,8-9,11-12H2,(H2,32,39)(H,35,36)/t18-,20-. The van der Waals surface area contributed by atoms with E-state index in [0.29, 0.717) is 11.3 Å². The minimum atomic E-state index is -0.469. The molecule has 3 aromatic heterocycles. The van der Waals surface area contributed by atoms with Crippen molar-refractivity contribution in [3.8, 4) is 17.1 Å². The molecule has 0 spiro atoms. The van der Waals surface area contributed by atoms with E-state index in [1.165, 1.54) is 0 Å². The van der Waals surface area contributed by atoms with E-state index in [4.69, 9.17) is 10.7 Å². The number of benzene rings is 3. The summed E-state index contributed by atoms with van der Waals surface area (Å²) in [5, 5.41) is 15.7. The Hall–Kier alpha value is -4.69. The van der Waals surface area contributed by atoms with Gasteiger partial charge >= 0.3 is 0 Å². The number of para-hydroxylation sites is 1. The number of aliphatic hydroxyl groups excluding tert-OH is 1. The monoisotopic (exact) mass is 516 g/mol. The molecule has 1 fully saturated rings. The molecule has 1 aliphatic carbocycles. The Balaban J connectivity index is 1.41. The van der Waals surface area contributed by atoms with Crippen LogP contribution in [-0.2, 0) is 0 Å². The van der Waals surface area contributed by atoms with Crippen molar-refractivity contribution < 1.29 is 9.90 Å². The molecule has 0 atom stereocenters. The number of carbonyl (C=O) groups is 1. The van der Waals surface area contributed by atoms with E-state index >= 15 is 0 Å². The van der Waals surface area contributed by atoms with Crippen LogP contribution in [0.2, 0.25) is 0 Å². The summed E-state index contributed by atoms with van der Waals surface area (Å²) < 4.78 is 2.22. The molecule has 1 amide bonds. The van der Waals surface area contributed by atoms with Gasteiger partial charge in [0.1, 0.15) is 5.82 Å². The van der Waals surface area contributed by atoms with Crippen LogP contribution in [0.25, 0.3) is 49.9 Å².